The molecule has 32 heavy (non-hydrogen) atoms. The van der Waals surface area contributed by atoms with E-state index in [1.807, 2.05) is 0 Å². The molecule has 0 radical (unpaired) electrons. The van der Waals surface area contributed by atoms with Gasteiger partial charge in [0.1, 0.15) is 16.9 Å². The Morgan fingerprint density at radius 1 is 0.469 bits per heavy atom. The van der Waals surface area contributed by atoms with Crippen LogP contribution in [-0.2, 0) is 0 Å². The molecule has 0 aliphatic carbocycles. The van der Waals surface area contributed by atoms with Crippen LogP contribution in [0.25, 0.3) is 0 Å². The topological polar surface area (TPSA) is 26.1 Å². The lowest BCUT2D eigenvalue weighted by Gasteiger charge is -2.15. The van der Waals surface area contributed by atoms with E-state index in [4.69, 9.17) is 0 Å². The van der Waals surface area contributed by atoms with Crippen molar-refractivity contribution in [3.63, 3.8) is 0 Å². The van der Waals surface area contributed by atoms with Gasteiger partial charge in [0.25, 0.3) is 0 Å². The molecular formula is C19H4F11NO. The monoisotopic (exact) mass is 471 g/mol. The van der Waals surface area contributed by atoms with E-state index in [1.54, 1.807) is 0 Å². The first-order valence-electron chi connectivity index (χ1n) is 8.03. The van der Waals surface area contributed by atoms with Gasteiger partial charge < -0.3 is 5.21 Å². The van der Waals surface area contributed by atoms with Gasteiger partial charge in [0.05, 0.1) is 0 Å². The first-order valence-corrected chi connectivity index (χ1v) is 8.03. The van der Waals surface area contributed by atoms with Crippen LogP contribution in [0, 0.1) is 69.2 Å². The maximum atomic E-state index is 14.3. The van der Waals surface area contributed by atoms with Crippen LogP contribution in [0.4, 0.5) is 54.0 Å². The molecule has 13 heteroatoms. The third kappa shape index (κ3) is 3.42. The molecule has 0 atom stereocenters. The second-order valence-electron chi connectivity index (χ2n) is 6.01. The first-order chi connectivity index (χ1) is 14.9. The molecule has 2 nitrogen and oxygen atoms in total. The summed E-state index contributed by atoms with van der Waals surface area (Å²) in [5.41, 5.74) is -7.65. The molecule has 0 saturated carbocycles. The molecule has 0 fully saturated rings. The smallest absolute Gasteiger partial charge is 0.243 e. The lowest BCUT2D eigenvalue weighted by atomic mass is 9.98. The number of halogens is 11. The Labute approximate surface area is 170 Å². The molecule has 0 N–H and O–H groups in total. The standard InChI is InChI=1S/C19H4F11NO/c20-5-1-3-6(4-2-5)31(32)19(7-9(21)13(25)17(29)14(26)10(7)22)8-11(23)15(27)18(30)16(28)12(8)24/h1-4H. The van der Waals surface area contributed by atoms with E-state index in [0.29, 0.717) is 24.3 Å². The van der Waals surface area contributed by atoms with Gasteiger partial charge in [0.2, 0.25) is 23.0 Å². The van der Waals surface area contributed by atoms with Gasteiger partial charge in [0.15, 0.2) is 46.5 Å². The fourth-order valence-electron chi connectivity index (χ4n) is 2.66. The molecule has 0 spiro atoms. The third-order valence-electron chi connectivity index (χ3n) is 4.16. The lowest BCUT2D eigenvalue weighted by molar-refractivity contribution is -0.359. The Bertz CT molecular complexity index is 1160. The van der Waals surface area contributed by atoms with Crippen molar-refractivity contribution in [2.45, 2.75) is 0 Å². The summed E-state index contributed by atoms with van der Waals surface area (Å²) in [5.74, 6) is -28.3. The molecule has 0 unspecified atom stereocenters. The Kier molecular flexibility index (Phi) is 5.85. The van der Waals surface area contributed by atoms with Crippen LogP contribution in [0.1, 0.15) is 11.1 Å². The molecule has 0 saturated heterocycles. The SMILES string of the molecule is [O-][N+](=C(c1c(F)c(F)c(F)c(F)c1F)c1c(F)c(F)c(F)c(F)c1F)c1ccc(F)cc1. The number of benzene rings is 3. The minimum Gasteiger partial charge on any atom is -0.618 e. The van der Waals surface area contributed by atoms with E-state index in [-0.39, 0.29) is 0 Å². The van der Waals surface area contributed by atoms with Crippen LogP contribution in [0.15, 0.2) is 24.3 Å². The minimum atomic E-state index is -2.76. The highest BCUT2D eigenvalue weighted by Crippen LogP contribution is 2.31. The number of hydrogen-bond acceptors (Lipinski definition) is 1. The summed E-state index contributed by atoms with van der Waals surface area (Å²) in [5, 5.41) is 12.7. The second kappa shape index (κ2) is 8.13. The van der Waals surface area contributed by atoms with Gasteiger partial charge in [-0.2, -0.15) is 4.74 Å². The molecule has 168 valence electrons. The fourth-order valence-corrected chi connectivity index (χ4v) is 2.66. The quantitative estimate of drug-likeness (QED) is 0.0890. The highest BCUT2D eigenvalue weighted by Gasteiger charge is 2.39. The van der Waals surface area contributed by atoms with Gasteiger partial charge in [-0.05, 0) is 12.1 Å². The average molecular weight is 471 g/mol. The van der Waals surface area contributed by atoms with Crippen LogP contribution in [0.2, 0.25) is 0 Å². The van der Waals surface area contributed by atoms with E-state index < -0.39 is 91.3 Å². The van der Waals surface area contributed by atoms with Crippen LogP contribution in [0.3, 0.4) is 0 Å². The highest BCUT2D eigenvalue weighted by atomic mass is 19.2. The molecular weight excluding hydrogens is 467 g/mol. The molecule has 0 aliphatic heterocycles. The van der Waals surface area contributed by atoms with Gasteiger partial charge in [0, 0.05) is 12.1 Å². The van der Waals surface area contributed by atoms with E-state index >= 15 is 0 Å². The van der Waals surface area contributed by atoms with Gasteiger partial charge in [-0.15, -0.1) is 0 Å². The summed E-state index contributed by atoms with van der Waals surface area (Å²) in [6.45, 7) is 0. The maximum Gasteiger partial charge on any atom is 0.243 e. The molecule has 0 amide bonds. The molecule has 0 heterocycles. The number of nitrogens with zero attached hydrogens (tertiary/aromatic N) is 1. The molecule has 3 rings (SSSR count). The zero-order chi connectivity index (χ0) is 24.1. The van der Waals surface area contributed by atoms with Gasteiger partial charge >= 0.3 is 0 Å². The Hall–Kier alpha value is -3.64. The van der Waals surface area contributed by atoms with Crippen LogP contribution >= 0.6 is 0 Å². The minimum absolute atomic E-state index is 0.542. The van der Waals surface area contributed by atoms with Gasteiger partial charge in [-0.3, -0.25) is 0 Å². The lowest BCUT2D eigenvalue weighted by Crippen LogP contribution is -2.25. The van der Waals surface area contributed by atoms with Gasteiger partial charge in [-0.1, -0.05) is 0 Å². The van der Waals surface area contributed by atoms with Crippen molar-refractivity contribution in [1.29, 1.82) is 0 Å². The largest absolute Gasteiger partial charge is 0.618 e. The summed E-state index contributed by atoms with van der Waals surface area (Å²) in [6, 6.07) is 2.19. The summed E-state index contributed by atoms with van der Waals surface area (Å²) in [7, 11) is 0. The van der Waals surface area contributed by atoms with E-state index in [2.05, 4.69) is 0 Å². The van der Waals surface area contributed by atoms with Gasteiger partial charge in [-0.25, -0.2) is 48.3 Å². The Morgan fingerprint density at radius 2 is 0.750 bits per heavy atom. The van der Waals surface area contributed by atoms with Crippen molar-refractivity contribution in [3.8, 4) is 0 Å². The maximum absolute atomic E-state index is 14.3. The zero-order valence-corrected chi connectivity index (χ0v) is 14.8. The number of hydrogen-bond donors (Lipinski definition) is 0. The van der Waals surface area contributed by atoms with Crippen molar-refractivity contribution < 1.29 is 53.0 Å². The Balaban J connectivity index is 2.59. The molecule has 0 aromatic heterocycles. The predicted octanol–water partition coefficient (Wildman–Crippen LogP) is 5.90. The summed E-state index contributed by atoms with van der Waals surface area (Å²) in [6.07, 6.45) is 0. The van der Waals surface area contributed by atoms with Crippen molar-refractivity contribution in [1.82, 2.24) is 0 Å². The van der Waals surface area contributed by atoms with Crippen LogP contribution < -0.4 is 0 Å². The van der Waals surface area contributed by atoms with E-state index in [1.165, 1.54) is 0 Å². The van der Waals surface area contributed by atoms with E-state index in [0.717, 1.165) is 0 Å². The average Bonchev–Trinajstić information content (AvgIpc) is 2.78. The fraction of sp³-hybridized carbons (Fsp3) is 0. The number of rotatable bonds is 3. The zero-order valence-electron chi connectivity index (χ0n) is 14.8. The third-order valence-corrected chi connectivity index (χ3v) is 4.16. The van der Waals surface area contributed by atoms with Crippen LogP contribution in [-0.4, -0.2) is 10.5 Å². The molecule has 0 bridgehead atoms. The summed E-state index contributed by atoms with van der Waals surface area (Å²) < 4.78 is 151. The molecule has 3 aromatic rings. The van der Waals surface area contributed by atoms with Crippen molar-refractivity contribution in [3.05, 3.63) is 105 Å². The predicted molar refractivity (Wildman–Crippen MR) is 85.4 cm³/mol. The first kappa shape index (κ1) is 23.0. The Morgan fingerprint density at radius 3 is 1.06 bits per heavy atom. The molecule has 0 aliphatic rings. The van der Waals surface area contributed by atoms with Crippen molar-refractivity contribution in [2.75, 3.05) is 0 Å². The normalized spacial score (nSPS) is 11.1. The summed E-state index contributed by atoms with van der Waals surface area (Å²) in [4.78, 5) is 0. The second-order valence-corrected chi connectivity index (χ2v) is 6.01. The summed E-state index contributed by atoms with van der Waals surface area (Å²) >= 11 is 0. The van der Waals surface area contributed by atoms with Crippen molar-refractivity contribution >= 4 is 11.4 Å². The van der Waals surface area contributed by atoms with Crippen molar-refractivity contribution in [2.24, 2.45) is 0 Å². The molecule has 3 aromatic carbocycles. The highest BCUT2D eigenvalue weighted by molar-refractivity contribution is 6.11. The van der Waals surface area contributed by atoms with E-state index in [9.17, 15) is 53.5 Å². The van der Waals surface area contributed by atoms with Crippen LogP contribution in [0.5, 0.6) is 0 Å².